The Bertz CT molecular complexity index is 251. The molecule has 0 saturated heterocycles. The van der Waals surface area contributed by atoms with Crippen molar-refractivity contribution in [3.05, 3.63) is 35.9 Å². The fourth-order valence-corrected chi connectivity index (χ4v) is 1.44. The van der Waals surface area contributed by atoms with E-state index in [-0.39, 0.29) is 11.7 Å². The molecule has 64 valence electrons. The van der Waals surface area contributed by atoms with Crippen LogP contribution in [0.25, 0.3) is 0 Å². The fourth-order valence-electron chi connectivity index (χ4n) is 1.44. The van der Waals surface area contributed by atoms with E-state index in [2.05, 4.69) is 0 Å². The smallest absolute Gasteiger partial charge is 0.137 e. The Labute approximate surface area is 73.4 Å². The summed E-state index contributed by atoms with van der Waals surface area (Å²) in [4.78, 5) is 11.2. The molecule has 1 heteroatoms. The molecule has 0 saturated carbocycles. The highest BCUT2D eigenvalue weighted by atomic mass is 16.1. The van der Waals surface area contributed by atoms with Crippen LogP contribution in [-0.2, 0) is 4.79 Å². The summed E-state index contributed by atoms with van der Waals surface area (Å²) in [6.45, 7) is 3.69. The van der Waals surface area contributed by atoms with Gasteiger partial charge in [-0.1, -0.05) is 37.3 Å². The highest BCUT2D eigenvalue weighted by Crippen LogP contribution is 2.19. The monoisotopic (exact) mass is 162 g/mol. The molecule has 0 aliphatic heterocycles. The first-order valence-electron chi connectivity index (χ1n) is 4.31. The summed E-state index contributed by atoms with van der Waals surface area (Å²) >= 11 is 0. The van der Waals surface area contributed by atoms with Gasteiger partial charge in [0.05, 0.1) is 0 Å². The minimum Gasteiger partial charge on any atom is -0.299 e. The van der Waals surface area contributed by atoms with Crippen LogP contribution >= 0.6 is 0 Å². The average molecular weight is 162 g/mol. The molecule has 1 atom stereocenters. The molecule has 0 aliphatic carbocycles. The summed E-state index contributed by atoms with van der Waals surface area (Å²) in [5.74, 6) is 0.342. The fraction of sp³-hybridized carbons (Fsp3) is 0.364. The maximum atomic E-state index is 11.2. The van der Waals surface area contributed by atoms with Gasteiger partial charge in [0.1, 0.15) is 5.78 Å². The molecule has 0 radical (unpaired) electrons. The number of benzene rings is 1. The van der Waals surface area contributed by atoms with Crippen LogP contribution in [0.4, 0.5) is 0 Å². The van der Waals surface area contributed by atoms with Gasteiger partial charge in [-0.05, 0) is 18.9 Å². The zero-order chi connectivity index (χ0) is 8.97. The van der Waals surface area contributed by atoms with Gasteiger partial charge in [-0.15, -0.1) is 0 Å². The summed E-state index contributed by atoms with van der Waals surface area (Å²) in [6.07, 6.45) is 0.888. The lowest BCUT2D eigenvalue weighted by atomic mass is 9.93. The van der Waals surface area contributed by atoms with Gasteiger partial charge in [0, 0.05) is 5.92 Å². The Morgan fingerprint density at radius 3 is 2.33 bits per heavy atom. The molecule has 1 aromatic rings. The van der Waals surface area contributed by atoms with Gasteiger partial charge in [-0.3, -0.25) is 4.79 Å². The number of hydrogen-bond donors (Lipinski definition) is 0. The first-order valence-corrected chi connectivity index (χ1v) is 4.31. The summed E-state index contributed by atoms with van der Waals surface area (Å²) in [6, 6.07) is 9.93. The first kappa shape index (κ1) is 8.98. The average Bonchev–Trinajstić information content (AvgIpc) is 2.07. The summed E-state index contributed by atoms with van der Waals surface area (Å²) < 4.78 is 0. The van der Waals surface area contributed by atoms with Gasteiger partial charge >= 0.3 is 0 Å². The van der Waals surface area contributed by atoms with Crippen LogP contribution in [-0.4, -0.2) is 5.78 Å². The van der Waals surface area contributed by atoms with E-state index in [1.54, 1.807) is 6.92 Å². The van der Waals surface area contributed by atoms with Crippen LogP contribution in [0.3, 0.4) is 0 Å². The summed E-state index contributed by atoms with van der Waals surface area (Å²) in [5, 5.41) is 0. The SMILES string of the molecule is CC[C@@H](C(C)=O)c1ccccc1. The molecule has 0 heterocycles. The minimum absolute atomic E-state index is 0.0891. The molecule has 0 fully saturated rings. The standard InChI is InChI=1S/C11H14O/c1-3-11(9(2)12)10-7-5-4-6-8-10/h4-8,11H,3H2,1-2H3/t11-/m0/s1. The number of hydrogen-bond acceptors (Lipinski definition) is 1. The van der Waals surface area contributed by atoms with E-state index >= 15 is 0 Å². The van der Waals surface area contributed by atoms with Crippen molar-refractivity contribution in [1.82, 2.24) is 0 Å². The number of carbonyl (C=O) groups is 1. The highest BCUT2D eigenvalue weighted by Gasteiger charge is 2.12. The molecule has 1 aromatic carbocycles. The Morgan fingerprint density at radius 2 is 1.92 bits per heavy atom. The van der Waals surface area contributed by atoms with Crippen LogP contribution in [0.1, 0.15) is 31.7 Å². The lowest BCUT2D eigenvalue weighted by molar-refractivity contribution is -0.118. The molecule has 0 spiro atoms. The molecule has 0 aromatic heterocycles. The van der Waals surface area contributed by atoms with Gasteiger partial charge in [0.25, 0.3) is 0 Å². The molecule has 0 bridgehead atoms. The quantitative estimate of drug-likeness (QED) is 0.668. The lowest BCUT2D eigenvalue weighted by Gasteiger charge is -2.10. The normalized spacial score (nSPS) is 12.5. The molecule has 1 nitrogen and oxygen atoms in total. The zero-order valence-corrected chi connectivity index (χ0v) is 7.58. The maximum absolute atomic E-state index is 11.2. The van der Waals surface area contributed by atoms with E-state index < -0.39 is 0 Å². The third kappa shape index (κ3) is 1.94. The predicted octanol–water partition coefficient (Wildman–Crippen LogP) is 2.77. The van der Waals surface area contributed by atoms with E-state index in [4.69, 9.17) is 0 Å². The van der Waals surface area contributed by atoms with Crippen molar-refractivity contribution in [3.63, 3.8) is 0 Å². The molecular formula is C11H14O. The molecule has 0 aliphatic rings. The van der Waals surface area contributed by atoms with Crippen molar-refractivity contribution >= 4 is 5.78 Å². The molecule has 0 amide bonds. The van der Waals surface area contributed by atoms with E-state index in [1.165, 1.54) is 0 Å². The summed E-state index contributed by atoms with van der Waals surface area (Å²) in [7, 11) is 0. The van der Waals surface area contributed by atoms with Gasteiger partial charge in [-0.2, -0.15) is 0 Å². The van der Waals surface area contributed by atoms with E-state index in [0.29, 0.717) is 0 Å². The molecule has 12 heavy (non-hydrogen) atoms. The van der Waals surface area contributed by atoms with Crippen molar-refractivity contribution in [1.29, 1.82) is 0 Å². The Balaban J connectivity index is 2.88. The van der Waals surface area contributed by atoms with Gasteiger partial charge in [-0.25, -0.2) is 0 Å². The largest absolute Gasteiger partial charge is 0.299 e. The van der Waals surface area contributed by atoms with E-state index in [1.807, 2.05) is 37.3 Å². The van der Waals surface area contributed by atoms with E-state index in [0.717, 1.165) is 12.0 Å². The first-order chi connectivity index (χ1) is 5.75. The second-order valence-corrected chi connectivity index (χ2v) is 2.98. The van der Waals surface area contributed by atoms with Crippen molar-refractivity contribution in [2.75, 3.05) is 0 Å². The van der Waals surface area contributed by atoms with Crippen LogP contribution in [0.5, 0.6) is 0 Å². The third-order valence-electron chi connectivity index (χ3n) is 2.10. The van der Waals surface area contributed by atoms with Crippen LogP contribution in [0.2, 0.25) is 0 Å². The molecule has 1 rings (SSSR count). The van der Waals surface area contributed by atoms with Crippen molar-refractivity contribution in [2.45, 2.75) is 26.2 Å². The number of ketones is 1. The molecular weight excluding hydrogens is 148 g/mol. The Kier molecular flexibility index (Phi) is 3.03. The molecule has 0 unspecified atom stereocenters. The number of rotatable bonds is 3. The van der Waals surface area contributed by atoms with Gasteiger partial charge < -0.3 is 0 Å². The van der Waals surface area contributed by atoms with Gasteiger partial charge in [0.15, 0.2) is 0 Å². The maximum Gasteiger partial charge on any atom is 0.137 e. The highest BCUT2D eigenvalue weighted by molar-refractivity contribution is 5.83. The van der Waals surface area contributed by atoms with Crippen LogP contribution in [0.15, 0.2) is 30.3 Å². The molecule has 0 N–H and O–H groups in total. The van der Waals surface area contributed by atoms with E-state index in [9.17, 15) is 4.79 Å². The predicted molar refractivity (Wildman–Crippen MR) is 50.2 cm³/mol. The summed E-state index contributed by atoms with van der Waals surface area (Å²) in [5.41, 5.74) is 1.13. The van der Waals surface area contributed by atoms with Crippen molar-refractivity contribution in [2.24, 2.45) is 0 Å². The Hall–Kier alpha value is -1.11. The second kappa shape index (κ2) is 4.05. The second-order valence-electron chi connectivity index (χ2n) is 2.98. The van der Waals surface area contributed by atoms with Crippen LogP contribution in [0, 0.1) is 0 Å². The zero-order valence-electron chi connectivity index (χ0n) is 7.58. The number of Topliss-reactive ketones (excluding diaryl/α,β-unsaturated/α-hetero) is 1. The number of carbonyl (C=O) groups excluding carboxylic acids is 1. The van der Waals surface area contributed by atoms with Gasteiger partial charge in [0.2, 0.25) is 0 Å². The topological polar surface area (TPSA) is 17.1 Å². The van der Waals surface area contributed by atoms with Crippen molar-refractivity contribution in [3.8, 4) is 0 Å². The van der Waals surface area contributed by atoms with Crippen LogP contribution < -0.4 is 0 Å². The lowest BCUT2D eigenvalue weighted by Crippen LogP contribution is -2.06. The van der Waals surface area contributed by atoms with Crippen molar-refractivity contribution < 1.29 is 4.79 Å². The minimum atomic E-state index is 0.0891. The Morgan fingerprint density at radius 1 is 1.33 bits per heavy atom. The third-order valence-corrected chi connectivity index (χ3v) is 2.10.